The van der Waals surface area contributed by atoms with Crippen molar-refractivity contribution in [2.24, 2.45) is 0 Å². The summed E-state index contributed by atoms with van der Waals surface area (Å²) in [6.45, 7) is 7.50. The van der Waals surface area contributed by atoms with Gasteiger partial charge in [-0.25, -0.2) is 0 Å². The molecule has 4 nitrogen and oxygen atoms in total. The number of hydrogen-bond acceptors (Lipinski definition) is 3. The van der Waals surface area contributed by atoms with Crippen LogP contribution in [0.25, 0.3) is 0 Å². The number of carbonyl (C=O) groups is 1. The van der Waals surface area contributed by atoms with Gasteiger partial charge in [-0.3, -0.25) is 9.69 Å². The molecule has 0 heterocycles. The quantitative estimate of drug-likeness (QED) is 0.639. The van der Waals surface area contributed by atoms with Crippen LogP contribution in [0.5, 0.6) is 0 Å². The molecular formula is C10H19N3O. The molecule has 1 amide bonds. The molecule has 0 saturated heterocycles. The monoisotopic (exact) mass is 197 g/mol. The predicted molar refractivity (Wildman–Crippen MR) is 55.6 cm³/mol. The van der Waals surface area contributed by atoms with Crippen molar-refractivity contribution in [3.8, 4) is 6.07 Å². The molecule has 4 heteroatoms. The number of carbonyl (C=O) groups excluding carboxylic acids is 1. The molecule has 0 saturated carbocycles. The zero-order valence-electron chi connectivity index (χ0n) is 9.21. The molecule has 0 fully saturated rings. The van der Waals surface area contributed by atoms with Gasteiger partial charge >= 0.3 is 0 Å². The summed E-state index contributed by atoms with van der Waals surface area (Å²) in [5.41, 5.74) is 0. The van der Waals surface area contributed by atoms with Crippen molar-refractivity contribution < 1.29 is 4.79 Å². The molecule has 1 atom stereocenters. The van der Waals surface area contributed by atoms with Crippen LogP contribution in [-0.4, -0.2) is 36.5 Å². The second-order valence-electron chi connectivity index (χ2n) is 3.19. The third-order valence-electron chi connectivity index (χ3n) is 2.16. The van der Waals surface area contributed by atoms with E-state index in [0.29, 0.717) is 19.6 Å². The maximum absolute atomic E-state index is 11.5. The predicted octanol–water partition coefficient (Wildman–Crippen LogP) is 0.747. The van der Waals surface area contributed by atoms with Crippen LogP contribution in [0.2, 0.25) is 0 Å². The van der Waals surface area contributed by atoms with Gasteiger partial charge in [0.15, 0.2) is 0 Å². The summed E-state index contributed by atoms with van der Waals surface area (Å²) in [6.07, 6.45) is 0.933. The van der Waals surface area contributed by atoms with Gasteiger partial charge in [-0.05, 0) is 19.9 Å². The molecule has 0 aromatic heterocycles. The van der Waals surface area contributed by atoms with E-state index < -0.39 is 0 Å². The van der Waals surface area contributed by atoms with Crippen LogP contribution in [0.4, 0.5) is 0 Å². The maximum Gasteiger partial charge on any atom is 0.237 e. The van der Waals surface area contributed by atoms with Crippen molar-refractivity contribution in [1.29, 1.82) is 5.26 Å². The minimum Gasteiger partial charge on any atom is -0.355 e. The van der Waals surface area contributed by atoms with Crippen LogP contribution in [0.1, 0.15) is 27.2 Å². The van der Waals surface area contributed by atoms with E-state index in [-0.39, 0.29) is 11.9 Å². The fraction of sp³-hybridized carbons (Fsp3) is 0.800. The van der Waals surface area contributed by atoms with Crippen LogP contribution in [-0.2, 0) is 4.79 Å². The van der Waals surface area contributed by atoms with Gasteiger partial charge in [0.1, 0.15) is 0 Å². The summed E-state index contributed by atoms with van der Waals surface area (Å²) in [5.74, 6) is 0.00366. The molecular weight excluding hydrogens is 178 g/mol. The van der Waals surface area contributed by atoms with Gasteiger partial charge < -0.3 is 5.32 Å². The van der Waals surface area contributed by atoms with Crippen LogP contribution < -0.4 is 5.32 Å². The number of nitriles is 1. The van der Waals surface area contributed by atoms with Crippen molar-refractivity contribution in [1.82, 2.24) is 10.2 Å². The topological polar surface area (TPSA) is 56.1 Å². The molecule has 1 N–H and O–H groups in total. The lowest BCUT2D eigenvalue weighted by atomic mass is 10.2. The van der Waals surface area contributed by atoms with Crippen LogP contribution in [0, 0.1) is 11.3 Å². The summed E-state index contributed by atoms with van der Waals surface area (Å²) in [5, 5.41) is 11.4. The molecule has 0 aliphatic carbocycles. The standard InChI is InChI=1S/C10H19N3O/c1-4-7-12-10(14)9(3)13(5-2)8-6-11/h9H,4-5,7-8H2,1-3H3,(H,12,14). The van der Waals surface area contributed by atoms with E-state index in [4.69, 9.17) is 5.26 Å². The molecule has 0 aromatic rings. The average Bonchev–Trinajstić information content (AvgIpc) is 2.21. The first-order valence-electron chi connectivity index (χ1n) is 5.06. The third-order valence-corrected chi connectivity index (χ3v) is 2.16. The summed E-state index contributed by atoms with van der Waals surface area (Å²) in [7, 11) is 0. The first-order chi connectivity index (χ1) is 6.67. The van der Waals surface area contributed by atoms with Crippen LogP contribution in [0.15, 0.2) is 0 Å². The lowest BCUT2D eigenvalue weighted by molar-refractivity contribution is -0.125. The van der Waals surface area contributed by atoms with Gasteiger partial charge in [-0.1, -0.05) is 13.8 Å². The molecule has 0 aromatic carbocycles. The second-order valence-corrected chi connectivity index (χ2v) is 3.19. The number of likely N-dealkylation sites (N-methyl/N-ethyl adjacent to an activating group) is 1. The molecule has 1 unspecified atom stereocenters. The summed E-state index contributed by atoms with van der Waals surface area (Å²) in [6, 6.07) is 1.84. The molecule has 0 spiro atoms. The van der Waals surface area contributed by atoms with Gasteiger partial charge in [0.2, 0.25) is 5.91 Å². The normalized spacial score (nSPS) is 12.2. The fourth-order valence-electron chi connectivity index (χ4n) is 1.18. The van der Waals surface area contributed by atoms with Crippen LogP contribution in [0.3, 0.4) is 0 Å². The Labute approximate surface area is 85.9 Å². The van der Waals surface area contributed by atoms with E-state index in [9.17, 15) is 4.79 Å². The average molecular weight is 197 g/mol. The second kappa shape index (κ2) is 7.34. The Bertz CT molecular complexity index is 210. The van der Waals surface area contributed by atoms with Crippen molar-refractivity contribution >= 4 is 5.91 Å². The number of rotatable bonds is 6. The Kier molecular flexibility index (Phi) is 6.77. The van der Waals surface area contributed by atoms with Crippen molar-refractivity contribution in [2.45, 2.75) is 33.2 Å². The lowest BCUT2D eigenvalue weighted by Gasteiger charge is -2.23. The summed E-state index contributed by atoms with van der Waals surface area (Å²) >= 11 is 0. The molecule has 14 heavy (non-hydrogen) atoms. The van der Waals surface area contributed by atoms with Gasteiger partial charge in [-0.2, -0.15) is 5.26 Å². The number of amides is 1. The maximum atomic E-state index is 11.5. The van der Waals surface area contributed by atoms with E-state index in [2.05, 4.69) is 11.4 Å². The largest absolute Gasteiger partial charge is 0.355 e. The van der Waals surface area contributed by atoms with Crippen molar-refractivity contribution in [3.05, 3.63) is 0 Å². The molecule has 0 aliphatic rings. The zero-order valence-corrected chi connectivity index (χ0v) is 9.21. The smallest absolute Gasteiger partial charge is 0.237 e. The number of nitrogens with one attached hydrogen (secondary N) is 1. The van der Waals surface area contributed by atoms with Gasteiger partial charge in [0.25, 0.3) is 0 Å². The Morgan fingerprint density at radius 1 is 1.57 bits per heavy atom. The lowest BCUT2D eigenvalue weighted by Crippen LogP contribution is -2.45. The number of nitrogens with zero attached hydrogens (tertiary/aromatic N) is 2. The van der Waals surface area contributed by atoms with Gasteiger partial charge in [-0.15, -0.1) is 0 Å². The first-order valence-corrected chi connectivity index (χ1v) is 5.06. The van der Waals surface area contributed by atoms with E-state index >= 15 is 0 Å². The Hall–Kier alpha value is -1.08. The molecule has 0 radical (unpaired) electrons. The molecule has 0 aliphatic heterocycles. The highest BCUT2D eigenvalue weighted by Crippen LogP contribution is 1.97. The zero-order chi connectivity index (χ0) is 11.0. The SMILES string of the molecule is CCCNC(=O)C(C)N(CC)CC#N. The molecule has 80 valence electrons. The van der Waals surface area contributed by atoms with Gasteiger partial charge in [0.05, 0.1) is 18.7 Å². The first kappa shape index (κ1) is 12.9. The summed E-state index contributed by atoms with van der Waals surface area (Å²) < 4.78 is 0. The highest BCUT2D eigenvalue weighted by atomic mass is 16.2. The highest BCUT2D eigenvalue weighted by molar-refractivity contribution is 5.81. The Balaban J connectivity index is 4.06. The fourth-order valence-corrected chi connectivity index (χ4v) is 1.18. The van der Waals surface area contributed by atoms with E-state index in [1.165, 1.54) is 0 Å². The number of hydrogen-bond donors (Lipinski definition) is 1. The Morgan fingerprint density at radius 3 is 2.64 bits per heavy atom. The summed E-state index contributed by atoms with van der Waals surface area (Å²) in [4.78, 5) is 13.4. The van der Waals surface area contributed by atoms with Crippen molar-refractivity contribution in [2.75, 3.05) is 19.6 Å². The van der Waals surface area contributed by atoms with Gasteiger partial charge in [0, 0.05) is 6.54 Å². The minimum atomic E-state index is -0.216. The Morgan fingerprint density at radius 2 is 2.21 bits per heavy atom. The third kappa shape index (κ3) is 4.24. The van der Waals surface area contributed by atoms with E-state index in [1.54, 1.807) is 0 Å². The molecule has 0 bridgehead atoms. The van der Waals surface area contributed by atoms with Crippen molar-refractivity contribution in [3.63, 3.8) is 0 Å². The highest BCUT2D eigenvalue weighted by Gasteiger charge is 2.18. The van der Waals surface area contributed by atoms with Crippen LogP contribution >= 0.6 is 0 Å². The minimum absolute atomic E-state index is 0.00366. The van der Waals surface area contributed by atoms with E-state index in [0.717, 1.165) is 6.42 Å². The molecule has 0 rings (SSSR count). The van der Waals surface area contributed by atoms with E-state index in [1.807, 2.05) is 25.7 Å².